The van der Waals surface area contributed by atoms with Gasteiger partial charge in [0.25, 0.3) is 0 Å². The Labute approximate surface area is 168 Å². The van der Waals surface area contributed by atoms with Crippen LogP contribution in [0.4, 0.5) is 10.5 Å². The summed E-state index contributed by atoms with van der Waals surface area (Å²) in [5, 5.41) is 5.26. The van der Waals surface area contributed by atoms with E-state index < -0.39 is 9.84 Å². The Morgan fingerprint density at radius 1 is 1.04 bits per heavy atom. The summed E-state index contributed by atoms with van der Waals surface area (Å²) in [4.78, 5) is 12.4. The van der Waals surface area contributed by atoms with Crippen molar-refractivity contribution in [1.29, 1.82) is 0 Å². The molecule has 2 unspecified atom stereocenters. The van der Waals surface area contributed by atoms with Gasteiger partial charge in [0.1, 0.15) is 0 Å². The molecule has 2 amide bonds. The minimum absolute atomic E-state index is 0.263. The number of benzene rings is 1. The van der Waals surface area contributed by atoms with Crippen molar-refractivity contribution in [3.05, 3.63) is 24.3 Å². The van der Waals surface area contributed by atoms with Gasteiger partial charge in [-0.05, 0) is 55.9 Å². The average Bonchev–Trinajstić information content (AvgIpc) is 3.23. The van der Waals surface area contributed by atoms with Crippen LogP contribution < -0.4 is 10.6 Å². The van der Waals surface area contributed by atoms with Crippen molar-refractivity contribution in [1.82, 2.24) is 5.32 Å². The number of ether oxygens (including phenoxy) is 1. The Morgan fingerprint density at radius 2 is 1.68 bits per heavy atom. The fraction of sp³-hybridized carbons (Fsp3) is 0.667. The predicted molar refractivity (Wildman–Crippen MR) is 110 cm³/mol. The molecule has 0 spiro atoms. The van der Waals surface area contributed by atoms with Crippen LogP contribution in [0.3, 0.4) is 0 Å². The van der Waals surface area contributed by atoms with Gasteiger partial charge in [0.05, 0.1) is 22.9 Å². The summed E-state index contributed by atoms with van der Waals surface area (Å²) in [7, 11) is -3.26. The van der Waals surface area contributed by atoms with E-state index in [1.54, 1.807) is 24.3 Å². The van der Waals surface area contributed by atoms with Crippen LogP contribution in [-0.2, 0) is 14.6 Å². The molecule has 28 heavy (non-hydrogen) atoms. The number of amides is 2. The van der Waals surface area contributed by atoms with Crippen molar-refractivity contribution in [2.24, 2.45) is 5.92 Å². The highest BCUT2D eigenvalue weighted by molar-refractivity contribution is 7.92. The van der Waals surface area contributed by atoms with Crippen molar-refractivity contribution >= 4 is 21.6 Å². The Kier molecular flexibility index (Phi) is 7.35. The third kappa shape index (κ3) is 5.47. The normalized spacial score (nSPS) is 23.5. The van der Waals surface area contributed by atoms with Gasteiger partial charge in [-0.2, -0.15) is 0 Å². The van der Waals surface area contributed by atoms with Gasteiger partial charge in [0.2, 0.25) is 0 Å². The summed E-state index contributed by atoms with van der Waals surface area (Å²) in [6.45, 7) is 3.17. The van der Waals surface area contributed by atoms with E-state index in [4.69, 9.17) is 4.74 Å². The van der Waals surface area contributed by atoms with Gasteiger partial charge >= 0.3 is 6.03 Å². The van der Waals surface area contributed by atoms with E-state index >= 15 is 0 Å². The maximum absolute atomic E-state index is 12.6. The molecule has 0 heterocycles. The van der Waals surface area contributed by atoms with Crippen molar-refractivity contribution in [3.63, 3.8) is 0 Å². The molecular weight excluding hydrogens is 376 g/mol. The Balaban J connectivity index is 1.41. The topological polar surface area (TPSA) is 84.5 Å². The number of urea groups is 1. The lowest BCUT2D eigenvalue weighted by molar-refractivity contribution is -0.00232. The van der Waals surface area contributed by atoms with Crippen LogP contribution >= 0.6 is 0 Å². The molecule has 2 atom stereocenters. The number of rotatable bonds is 7. The zero-order valence-corrected chi connectivity index (χ0v) is 17.5. The number of nitrogens with one attached hydrogen (secondary N) is 2. The van der Waals surface area contributed by atoms with Crippen LogP contribution in [0.1, 0.15) is 58.3 Å². The van der Waals surface area contributed by atoms with Gasteiger partial charge in [-0.15, -0.1) is 0 Å². The highest BCUT2D eigenvalue weighted by atomic mass is 32.2. The number of sulfone groups is 1. The minimum Gasteiger partial charge on any atom is -0.376 e. The van der Waals surface area contributed by atoms with E-state index in [0.29, 0.717) is 35.8 Å². The maximum Gasteiger partial charge on any atom is 0.319 e. The van der Waals surface area contributed by atoms with Crippen LogP contribution in [-0.4, -0.2) is 39.0 Å². The lowest BCUT2D eigenvalue weighted by Gasteiger charge is -2.28. The van der Waals surface area contributed by atoms with Gasteiger partial charge < -0.3 is 15.4 Å². The third-order valence-corrected chi connectivity index (χ3v) is 8.21. The van der Waals surface area contributed by atoms with E-state index in [1.165, 1.54) is 19.3 Å². The molecule has 2 N–H and O–H groups in total. The number of hydrogen-bond acceptors (Lipinski definition) is 4. The second-order valence-corrected chi connectivity index (χ2v) is 10.3. The van der Waals surface area contributed by atoms with E-state index in [1.807, 2.05) is 0 Å². The summed E-state index contributed by atoms with van der Waals surface area (Å²) >= 11 is 0. The van der Waals surface area contributed by atoms with Gasteiger partial charge in [-0.3, -0.25) is 0 Å². The highest BCUT2D eigenvalue weighted by Gasteiger charge is 2.30. The van der Waals surface area contributed by atoms with Crippen LogP contribution in [0.25, 0.3) is 0 Å². The molecule has 0 aromatic heterocycles. The standard InChI is InChI=1S/C21H32N2O4S/c1-16-6-2-5-9-20(16)27-15-14-22-21(24)23-17-10-12-19(13-11-17)28(25,26)18-7-3-4-8-18/h10-13,16,18,20H,2-9,14-15H2,1H3,(H2,22,23,24). The van der Waals surface area contributed by atoms with Gasteiger partial charge in [0.15, 0.2) is 9.84 Å². The molecule has 0 saturated heterocycles. The van der Waals surface area contributed by atoms with Crippen LogP contribution in [0, 0.1) is 5.92 Å². The molecule has 156 valence electrons. The molecule has 6 nitrogen and oxygen atoms in total. The summed E-state index contributed by atoms with van der Waals surface area (Å²) in [5.41, 5.74) is 0.574. The van der Waals surface area contributed by atoms with Gasteiger partial charge in [-0.1, -0.05) is 32.6 Å². The smallest absolute Gasteiger partial charge is 0.319 e. The summed E-state index contributed by atoms with van der Waals surface area (Å²) < 4.78 is 31.1. The molecule has 2 aliphatic carbocycles. The van der Waals surface area contributed by atoms with Crippen molar-refractivity contribution in [2.45, 2.75) is 74.5 Å². The average molecular weight is 409 g/mol. The van der Waals surface area contributed by atoms with Crippen LogP contribution in [0.2, 0.25) is 0 Å². The number of carbonyl (C=O) groups is 1. The second-order valence-electron chi connectivity index (χ2n) is 8.03. The number of anilines is 1. The van der Waals surface area contributed by atoms with Gasteiger partial charge in [-0.25, -0.2) is 13.2 Å². The first-order chi connectivity index (χ1) is 13.5. The van der Waals surface area contributed by atoms with E-state index in [0.717, 1.165) is 32.1 Å². The first-order valence-electron chi connectivity index (χ1n) is 10.5. The van der Waals surface area contributed by atoms with E-state index in [-0.39, 0.29) is 11.3 Å². The second kappa shape index (κ2) is 9.74. The first kappa shape index (κ1) is 21.1. The molecule has 0 aliphatic heterocycles. The lowest BCUT2D eigenvalue weighted by atomic mass is 9.88. The molecule has 0 radical (unpaired) electrons. The maximum atomic E-state index is 12.6. The summed E-state index contributed by atoms with van der Waals surface area (Å²) in [6.07, 6.45) is 8.55. The third-order valence-electron chi connectivity index (χ3n) is 5.93. The lowest BCUT2D eigenvalue weighted by Crippen LogP contribution is -2.34. The van der Waals surface area contributed by atoms with E-state index in [9.17, 15) is 13.2 Å². The minimum atomic E-state index is -3.26. The monoisotopic (exact) mass is 408 g/mol. The molecule has 3 rings (SSSR count). The molecular formula is C21H32N2O4S. The zero-order chi connectivity index (χ0) is 20.0. The number of carbonyl (C=O) groups excluding carboxylic acids is 1. The molecule has 1 aromatic carbocycles. The zero-order valence-electron chi connectivity index (χ0n) is 16.7. The van der Waals surface area contributed by atoms with Crippen molar-refractivity contribution in [3.8, 4) is 0 Å². The van der Waals surface area contributed by atoms with Crippen molar-refractivity contribution < 1.29 is 17.9 Å². The summed E-state index contributed by atoms with van der Waals surface area (Å²) in [5.74, 6) is 0.585. The van der Waals surface area contributed by atoms with E-state index in [2.05, 4.69) is 17.6 Å². The highest BCUT2D eigenvalue weighted by Crippen LogP contribution is 2.30. The SMILES string of the molecule is CC1CCCCC1OCCNC(=O)Nc1ccc(S(=O)(=O)C2CCCC2)cc1. The van der Waals surface area contributed by atoms with Crippen LogP contribution in [0.15, 0.2) is 29.2 Å². The molecule has 2 aliphatic rings. The largest absolute Gasteiger partial charge is 0.376 e. The molecule has 2 saturated carbocycles. The number of hydrogen-bond donors (Lipinski definition) is 2. The van der Waals surface area contributed by atoms with Crippen molar-refractivity contribution in [2.75, 3.05) is 18.5 Å². The molecule has 2 fully saturated rings. The van der Waals surface area contributed by atoms with Gasteiger partial charge in [0, 0.05) is 12.2 Å². The fourth-order valence-corrected chi connectivity index (χ4v) is 6.05. The fourth-order valence-electron chi connectivity index (χ4n) is 4.20. The predicted octanol–water partition coefficient (Wildman–Crippen LogP) is 4.12. The first-order valence-corrected chi connectivity index (χ1v) is 12.0. The Morgan fingerprint density at radius 3 is 2.36 bits per heavy atom. The summed E-state index contributed by atoms with van der Waals surface area (Å²) in [6, 6.07) is 6.13. The molecule has 7 heteroatoms. The Hall–Kier alpha value is -1.60. The molecule has 1 aromatic rings. The molecule has 0 bridgehead atoms. The van der Waals surface area contributed by atoms with Crippen LogP contribution in [0.5, 0.6) is 0 Å². The quantitative estimate of drug-likeness (QED) is 0.665. The Bertz CT molecular complexity index is 742.